The van der Waals surface area contributed by atoms with Gasteiger partial charge < -0.3 is 4.98 Å². The van der Waals surface area contributed by atoms with Crippen molar-refractivity contribution in [1.29, 1.82) is 0 Å². The van der Waals surface area contributed by atoms with E-state index in [4.69, 9.17) is 0 Å². The number of benzene rings is 2. The first-order chi connectivity index (χ1) is 10.1. The van der Waals surface area contributed by atoms with Crippen LogP contribution in [0.15, 0.2) is 59.6 Å². The molecule has 0 aliphatic rings. The van der Waals surface area contributed by atoms with Crippen LogP contribution in [0.25, 0.3) is 10.9 Å². The van der Waals surface area contributed by atoms with Gasteiger partial charge >= 0.3 is 0 Å². The monoisotopic (exact) mass is 304 g/mol. The van der Waals surface area contributed by atoms with Crippen LogP contribution in [0.2, 0.25) is 0 Å². The molecule has 6 heteroatoms. The van der Waals surface area contributed by atoms with Crippen molar-refractivity contribution in [3.63, 3.8) is 0 Å². The number of rotatable bonds is 4. The molecule has 0 atom stereocenters. The zero-order valence-electron chi connectivity index (χ0n) is 11.0. The Morgan fingerprint density at radius 1 is 1.05 bits per heavy atom. The first-order valence-corrected chi connectivity index (χ1v) is 7.85. The molecular formula is C15H13FN2O2S. The van der Waals surface area contributed by atoms with Gasteiger partial charge in [-0.1, -0.05) is 12.1 Å². The minimum atomic E-state index is -3.65. The summed E-state index contributed by atoms with van der Waals surface area (Å²) in [5.74, 6) is -0.467. The number of H-pyrrole nitrogens is 1. The Morgan fingerprint density at radius 2 is 1.81 bits per heavy atom. The highest BCUT2D eigenvalue weighted by Crippen LogP contribution is 2.18. The standard InChI is InChI=1S/C15H13FN2O2S/c16-12-4-6-13(7-5-12)21(19,20)18-10-11-2-1-3-15-14(11)8-9-17-15/h1-9,17-18H,10H2. The molecule has 0 aliphatic carbocycles. The molecule has 0 aliphatic heterocycles. The van der Waals surface area contributed by atoms with Crippen LogP contribution in [0, 0.1) is 5.82 Å². The van der Waals surface area contributed by atoms with E-state index in [2.05, 4.69) is 9.71 Å². The quantitative estimate of drug-likeness (QED) is 0.778. The van der Waals surface area contributed by atoms with Crippen molar-refractivity contribution in [3.05, 3.63) is 66.1 Å². The summed E-state index contributed by atoms with van der Waals surface area (Å²) in [5.41, 5.74) is 1.83. The molecule has 108 valence electrons. The average molecular weight is 304 g/mol. The molecule has 2 aromatic carbocycles. The Morgan fingerprint density at radius 3 is 2.57 bits per heavy atom. The lowest BCUT2D eigenvalue weighted by Crippen LogP contribution is -2.23. The second kappa shape index (κ2) is 5.31. The predicted molar refractivity (Wildman–Crippen MR) is 78.7 cm³/mol. The first kappa shape index (κ1) is 13.8. The van der Waals surface area contributed by atoms with Crippen molar-refractivity contribution in [2.24, 2.45) is 0 Å². The molecule has 0 saturated heterocycles. The van der Waals surface area contributed by atoms with Gasteiger partial charge in [-0.25, -0.2) is 17.5 Å². The number of nitrogens with one attached hydrogen (secondary N) is 2. The summed E-state index contributed by atoms with van der Waals surface area (Å²) in [4.78, 5) is 3.12. The van der Waals surface area contributed by atoms with Gasteiger partial charge in [0, 0.05) is 23.6 Å². The smallest absolute Gasteiger partial charge is 0.240 e. The Balaban J connectivity index is 1.83. The first-order valence-electron chi connectivity index (χ1n) is 6.36. The van der Waals surface area contributed by atoms with E-state index >= 15 is 0 Å². The maximum Gasteiger partial charge on any atom is 0.240 e. The Bertz CT molecular complexity index is 870. The molecule has 0 radical (unpaired) electrons. The zero-order valence-corrected chi connectivity index (χ0v) is 11.8. The number of hydrogen-bond acceptors (Lipinski definition) is 2. The maximum atomic E-state index is 12.8. The number of aromatic amines is 1. The van der Waals surface area contributed by atoms with Crippen LogP contribution < -0.4 is 4.72 Å². The number of hydrogen-bond donors (Lipinski definition) is 2. The molecule has 0 bridgehead atoms. The number of halogens is 1. The summed E-state index contributed by atoms with van der Waals surface area (Å²) in [6.07, 6.45) is 1.81. The van der Waals surface area contributed by atoms with E-state index in [0.29, 0.717) is 0 Å². The fraction of sp³-hybridized carbons (Fsp3) is 0.0667. The third-order valence-electron chi connectivity index (χ3n) is 3.26. The van der Waals surface area contributed by atoms with Crippen molar-refractivity contribution in [2.75, 3.05) is 0 Å². The van der Waals surface area contributed by atoms with Crippen molar-refractivity contribution in [1.82, 2.24) is 9.71 Å². The van der Waals surface area contributed by atoms with Crippen LogP contribution in [0.5, 0.6) is 0 Å². The normalized spacial score (nSPS) is 11.9. The van der Waals surface area contributed by atoms with E-state index in [1.807, 2.05) is 30.5 Å². The summed E-state index contributed by atoms with van der Waals surface area (Å²) in [6, 6.07) is 12.3. The van der Waals surface area contributed by atoms with Crippen LogP contribution in [-0.2, 0) is 16.6 Å². The van der Waals surface area contributed by atoms with E-state index in [-0.39, 0.29) is 11.4 Å². The second-order valence-electron chi connectivity index (χ2n) is 4.63. The lowest BCUT2D eigenvalue weighted by molar-refractivity contribution is 0.580. The SMILES string of the molecule is O=S(=O)(NCc1cccc2[nH]ccc12)c1ccc(F)cc1. The van der Waals surface area contributed by atoms with Gasteiger partial charge in [0.05, 0.1) is 4.90 Å². The summed E-state index contributed by atoms with van der Waals surface area (Å²) in [6.45, 7) is 0.175. The van der Waals surface area contributed by atoms with Gasteiger partial charge in [0.1, 0.15) is 5.82 Å². The highest BCUT2D eigenvalue weighted by atomic mass is 32.2. The highest BCUT2D eigenvalue weighted by molar-refractivity contribution is 7.89. The van der Waals surface area contributed by atoms with Crippen molar-refractivity contribution in [3.8, 4) is 0 Å². The summed E-state index contributed by atoms with van der Waals surface area (Å²) in [5, 5.41) is 0.972. The van der Waals surface area contributed by atoms with Crippen molar-refractivity contribution >= 4 is 20.9 Å². The molecule has 0 unspecified atom stereocenters. The fourth-order valence-electron chi connectivity index (χ4n) is 2.17. The van der Waals surface area contributed by atoms with E-state index in [1.165, 1.54) is 12.1 Å². The van der Waals surface area contributed by atoms with Gasteiger partial charge in [0.15, 0.2) is 0 Å². The molecule has 0 amide bonds. The molecule has 3 rings (SSSR count). The summed E-state index contributed by atoms with van der Waals surface area (Å²) < 4.78 is 39.7. The summed E-state index contributed by atoms with van der Waals surface area (Å²) >= 11 is 0. The van der Waals surface area contributed by atoms with Gasteiger partial charge in [0.2, 0.25) is 10.0 Å². The third-order valence-corrected chi connectivity index (χ3v) is 4.68. The van der Waals surface area contributed by atoms with E-state index in [1.54, 1.807) is 0 Å². The van der Waals surface area contributed by atoms with E-state index in [0.717, 1.165) is 28.6 Å². The Kier molecular flexibility index (Phi) is 3.48. The molecule has 2 N–H and O–H groups in total. The van der Waals surface area contributed by atoms with Crippen LogP contribution in [0.4, 0.5) is 4.39 Å². The molecule has 3 aromatic rings. The van der Waals surface area contributed by atoms with Gasteiger partial charge in [-0.15, -0.1) is 0 Å². The molecule has 0 fully saturated rings. The van der Waals surface area contributed by atoms with E-state index < -0.39 is 15.8 Å². The fourth-order valence-corrected chi connectivity index (χ4v) is 3.18. The molecule has 4 nitrogen and oxygen atoms in total. The van der Waals surface area contributed by atoms with Gasteiger partial charge in [-0.2, -0.15) is 0 Å². The molecule has 21 heavy (non-hydrogen) atoms. The maximum absolute atomic E-state index is 12.8. The van der Waals surface area contributed by atoms with Gasteiger partial charge in [-0.3, -0.25) is 0 Å². The summed E-state index contributed by atoms with van der Waals surface area (Å²) in [7, 11) is -3.65. The lowest BCUT2D eigenvalue weighted by Gasteiger charge is -2.08. The van der Waals surface area contributed by atoms with Crippen molar-refractivity contribution in [2.45, 2.75) is 11.4 Å². The van der Waals surface area contributed by atoms with Crippen molar-refractivity contribution < 1.29 is 12.8 Å². The minimum absolute atomic E-state index is 0.0464. The van der Waals surface area contributed by atoms with Gasteiger partial charge in [0.25, 0.3) is 0 Å². The van der Waals surface area contributed by atoms with Crippen LogP contribution in [0.1, 0.15) is 5.56 Å². The number of aromatic nitrogens is 1. The third kappa shape index (κ3) is 2.81. The van der Waals surface area contributed by atoms with E-state index in [9.17, 15) is 12.8 Å². The Hall–Kier alpha value is -2.18. The van der Waals surface area contributed by atoms with Crippen LogP contribution >= 0.6 is 0 Å². The second-order valence-corrected chi connectivity index (χ2v) is 6.40. The minimum Gasteiger partial charge on any atom is -0.361 e. The molecule has 0 saturated carbocycles. The van der Waals surface area contributed by atoms with Crippen LogP contribution in [0.3, 0.4) is 0 Å². The molecule has 1 aromatic heterocycles. The predicted octanol–water partition coefficient (Wildman–Crippen LogP) is 2.79. The number of sulfonamides is 1. The highest BCUT2D eigenvalue weighted by Gasteiger charge is 2.14. The largest absolute Gasteiger partial charge is 0.361 e. The molecular weight excluding hydrogens is 291 g/mol. The lowest BCUT2D eigenvalue weighted by atomic mass is 10.1. The van der Waals surface area contributed by atoms with Gasteiger partial charge in [-0.05, 0) is 42.0 Å². The average Bonchev–Trinajstić information content (AvgIpc) is 2.94. The Labute approximate surface area is 121 Å². The molecule has 0 spiro atoms. The molecule has 1 heterocycles. The topological polar surface area (TPSA) is 62.0 Å². The zero-order chi connectivity index (χ0) is 14.9. The van der Waals surface area contributed by atoms with Crippen LogP contribution in [-0.4, -0.2) is 13.4 Å². The number of fused-ring (bicyclic) bond motifs is 1.